The maximum atomic E-state index is 14.9. The molecule has 0 spiro atoms. The molecule has 1 atom stereocenters. The fourth-order valence-electron chi connectivity index (χ4n) is 4.52. The molecule has 6 rings (SSSR count). The smallest absolute Gasteiger partial charge is 0.269 e. The van der Waals surface area contributed by atoms with E-state index in [1.165, 1.54) is 28.9 Å². The number of rotatable bonds is 4. The summed E-state index contributed by atoms with van der Waals surface area (Å²) in [5.74, 6) is -2.70. The minimum Gasteiger partial charge on any atom is -0.322 e. The van der Waals surface area contributed by atoms with Crippen molar-refractivity contribution in [2.45, 2.75) is 13.1 Å². The van der Waals surface area contributed by atoms with Crippen LogP contribution in [0.4, 0.5) is 14.5 Å². The Morgan fingerprint density at radius 1 is 0.974 bits per heavy atom. The average Bonchev–Trinajstić information content (AvgIpc) is 3.26. The molecular formula is C29H20F2N6O2. The van der Waals surface area contributed by atoms with Crippen LogP contribution in [0.3, 0.4) is 0 Å². The molecule has 2 aromatic heterocycles. The largest absolute Gasteiger partial charge is 0.322 e. The van der Waals surface area contributed by atoms with E-state index in [-0.39, 0.29) is 28.2 Å². The third kappa shape index (κ3) is 4.31. The van der Waals surface area contributed by atoms with Gasteiger partial charge in [0.2, 0.25) is 6.17 Å². The van der Waals surface area contributed by atoms with E-state index in [9.17, 15) is 18.4 Å². The van der Waals surface area contributed by atoms with E-state index in [0.717, 1.165) is 5.56 Å². The minimum absolute atomic E-state index is 0.0303. The van der Waals surface area contributed by atoms with Crippen LogP contribution in [0.25, 0.3) is 16.9 Å². The van der Waals surface area contributed by atoms with E-state index < -0.39 is 29.6 Å². The molecule has 0 saturated heterocycles. The zero-order valence-corrected chi connectivity index (χ0v) is 20.5. The summed E-state index contributed by atoms with van der Waals surface area (Å²) in [4.78, 5) is 35.8. The topological polar surface area (TPSA) is 101 Å². The van der Waals surface area contributed by atoms with Gasteiger partial charge in [0.15, 0.2) is 5.65 Å². The predicted molar refractivity (Wildman–Crippen MR) is 141 cm³/mol. The number of fused-ring (bicyclic) bond motifs is 2. The monoisotopic (exact) mass is 522 g/mol. The van der Waals surface area contributed by atoms with Gasteiger partial charge >= 0.3 is 0 Å². The number of para-hydroxylation sites is 1. The second kappa shape index (κ2) is 9.56. The standard InChI is InChI=1S/C29H20F2N6O2/c1-16-11-12-20(30)19(15-16)25-22(27-32-13-6-14-37(27)36-25)28(38)35-26-29(39)34-24-18(9-5-10-21(24)31)23(33-26)17-7-3-2-4-8-17/h2-15,26H,1H3,(H,34,39)(H,35,38)/t26-/m1/s1. The Morgan fingerprint density at radius 2 is 1.79 bits per heavy atom. The van der Waals surface area contributed by atoms with Crippen molar-refractivity contribution in [3.05, 3.63) is 119 Å². The van der Waals surface area contributed by atoms with Crippen LogP contribution in [-0.2, 0) is 4.79 Å². The number of nitrogens with one attached hydrogen (secondary N) is 2. The first-order chi connectivity index (χ1) is 18.9. The van der Waals surface area contributed by atoms with E-state index in [1.54, 1.807) is 61.7 Å². The fourth-order valence-corrected chi connectivity index (χ4v) is 4.52. The van der Waals surface area contributed by atoms with Crippen molar-refractivity contribution in [3.63, 3.8) is 0 Å². The Bertz CT molecular complexity index is 1800. The summed E-state index contributed by atoms with van der Waals surface area (Å²) in [6.07, 6.45) is 1.63. The summed E-state index contributed by atoms with van der Waals surface area (Å²) < 4.78 is 31.1. The third-order valence-electron chi connectivity index (χ3n) is 6.34. The molecule has 3 aromatic carbocycles. The highest BCUT2D eigenvalue weighted by Gasteiger charge is 2.31. The molecule has 2 N–H and O–H groups in total. The molecule has 192 valence electrons. The van der Waals surface area contributed by atoms with Crippen LogP contribution >= 0.6 is 0 Å². The second-order valence-corrected chi connectivity index (χ2v) is 8.97. The Balaban J connectivity index is 1.47. The van der Waals surface area contributed by atoms with Gasteiger partial charge in [-0.2, -0.15) is 5.10 Å². The van der Waals surface area contributed by atoms with Gasteiger partial charge in [0.25, 0.3) is 11.8 Å². The van der Waals surface area contributed by atoms with Gasteiger partial charge in [-0.15, -0.1) is 0 Å². The quantitative estimate of drug-likeness (QED) is 0.362. The van der Waals surface area contributed by atoms with Crippen LogP contribution in [-0.4, -0.2) is 38.3 Å². The number of halogens is 2. The lowest BCUT2D eigenvalue weighted by molar-refractivity contribution is -0.117. The molecule has 10 heteroatoms. The van der Waals surface area contributed by atoms with Gasteiger partial charge in [0.1, 0.15) is 22.9 Å². The Labute approximate surface area is 221 Å². The highest BCUT2D eigenvalue weighted by atomic mass is 19.1. The molecule has 1 aliphatic heterocycles. The first-order valence-electron chi connectivity index (χ1n) is 12.0. The number of benzodiazepines with no additional fused rings is 1. The molecule has 39 heavy (non-hydrogen) atoms. The lowest BCUT2D eigenvalue weighted by Crippen LogP contribution is -2.42. The number of benzene rings is 3. The van der Waals surface area contributed by atoms with Gasteiger partial charge in [0.05, 0.1) is 11.4 Å². The molecule has 0 aliphatic carbocycles. The highest BCUT2D eigenvalue weighted by Crippen LogP contribution is 2.30. The van der Waals surface area contributed by atoms with Gasteiger partial charge < -0.3 is 10.6 Å². The first kappa shape index (κ1) is 24.1. The van der Waals surface area contributed by atoms with Gasteiger partial charge in [-0.05, 0) is 31.2 Å². The van der Waals surface area contributed by atoms with Crippen LogP contribution in [0, 0.1) is 18.6 Å². The molecule has 0 saturated carbocycles. The van der Waals surface area contributed by atoms with Crippen molar-refractivity contribution in [2.24, 2.45) is 4.99 Å². The molecule has 0 bridgehead atoms. The van der Waals surface area contributed by atoms with Crippen molar-refractivity contribution in [2.75, 3.05) is 5.32 Å². The van der Waals surface area contributed by atoms with E-state index in [4.69, 9.17) is 0 Å². The van der Waals surface area contributed by atoms with Crippen LogP contribution in [0.2, 0.25) is 0 Å². The first-order valence-corrected chi connectivity index (χ1v) is 12.0. The molecular weight excluding hydrogens is 502 g/mol. The molecule has 0 radical (unpaired) electrons. The van der Waals surface area contributed by atoms with E-state index in [0.29, 0.717) is 16.8 Å². The number of carbonyl (C=O) groups is 2. The van der Waals surface area contributed by atoms with Gasteiger partial charge in [0, 0.05) is 29.1 Å². The number of nitrogens with zero attached hydrogens (tertiary/aromatic N) is 4. The Kier molecular flexibility index (Phi) is 5.91. The number of hydrogen-bond donors (Lipinski definition) is 2. The number of hydrogen-bond acceptors (Lipinski definition) is 5. The van der Waals surface area contributed by atoms with E-state index >= 15 is 0 Å². The zero-order valence-electron chi connectivity index (χ0n) is 20.5. The summed E-state index contributed by atoms with van der Waals surface area (Å²) in [6, 6.07) is 19.4. The molecule has 1 aliphatic rings. The minimum atomic E-state index is -1.44. The number of amides is 2. The van der Waals surface area contributed by atoms with Crippen molar-refractivity contribution < 1.29 is 18.4 Å². The van der Waals surface area contributed by atoms with Gasteiger partial charge in [-0.3, -0.25) is 9.59 Å². The van der Waals surface area contributed by atoms with Crippen LogP contribution < -0.4 is 10.6 Å². The third-order valence-corrected chi connectivity index (χ3v) is 6.34. The maximum absolute atomic E-state index is 14.9. The lowest BCUT2D eigenvalue weighted by atomic mass is 10.0. The number of aryl methyl sites for hydroxylation is 1. The normalized spacial score (nSPS) is 14.8. The second-order valence-electron chi connectivity index (χ2n) is 8.97. The number of aromatic nitrogens is 3. The SMILES string of the molecule is Cc1ccc(F)c(-c2nn3cccnc3c2C(=O)N[C@H]2N=C(c3ccccc3)c3cccc(F)c3NC2=O)c1. The predicted octanol–water partition coefficient (Wildman–Crippen LogP) is 4.53. The van der Waals surface area contributed by atoms with Crippen molar-refractivity contribution in [1.29, 1.82) is 0 Å². The van der Waals surface area contributed by atoms with Gasteiger partial charge in [-0.25, -0.2) is 23.3 Å². The van der Waals surface area contributed by atoms with Crippen LogP contribution in [0.1, 0.15) is 27.0 Å². The van der Waals surface area contributed by atoms with Crippen molar-refractivity contribution in [3.8, 4) is 11.3 Å². The highest BCUT2D eigenvalue weighted by molar-refractivity contribution is 6.20. The summed E-state index contributed by atoms with van der Waals surface area (Å²) in [5, 5.41) is 9.59. The fraction of sp³-hybridized carbons (Fsp3) is 0.0690. The molecule has 3 heterocycles. The number of anilines is 1. The maximum Gasteiger partial charge on any atom is 0.269 e. The Morgan fingerprint density at radius 3 is 2.62 bits per heavy atom. The average molecular weight is 523 g/mol. The van der Waals surface area contributed by atoms with Crippen molar-refractivity contribution >= 4 is 28.9 Å². The number of carbonyl (C=O) groups excluding carboxylic acids is 2. The molecule has 0 unspecified atom stereocenters. The Hall–Kier alpha value is -5.25. The summed E-state index contributed by atoms with van der Waals surface area (Å²) in [7, 11) is 0. The molecule has 2 amide bonds. The molecule has 8 nitrogen and oxygen atoms in total. The zero-order chi connectivity index (χ0) is 27.1. The summed E-state index contributed by atoms with van der Waals surface area (Å²) in [6.45, 7) is 1.79. The van der Waals surface area contributed by atoms with Crippen LogP contribution in [0.5, 0.6) is 0 Å². The van der Waals surface area contributed by atoms with E-state index in [2.05, 4.69) is 25.7 Å². The van der Waals surface area contributed by atoms with Crippen LogP contribution in [0.15, 0.2) is 90.2 Å². The lowest BCUT2D eigenvalue weighted by Gasteiger charge is -2.14. The molecule has 5 aromatic rings. The molecule has 0 fully saturated rings. The summed E-state index contributed by atoms with van der Waals surface area (Å²) in [5.41, 5.74) is 2.34. The van der Waals surface area contributed by atoms with Gasteiger partial charge in [-0.1, -0.05) is 54.1 Å². The van der Waals surface area contributed by atoms with Crippen molar-refractivity contribution in [1.82, 2.24) is 19.9 Å². The number of aliphatic imine (C=N–C) groups is 1. The summed E-state index contributed by atoms with van der Waals surface area (Å²) >= 11 is 0. The van der Waals surface area contributed by atoms with E-state index in [1.807, 2.05) is 6.07 Å².